The summed E-state index contributed by atoms with van der Waals surface area (Å²) in [6.45, 7) is 5.83. The predicted octanol–water partition coefficient (Wildman–Crippen LogP) is 3.03. The molecule has 1 aromatic heterocycles. The number of rotatable bonds is 6. The van der Waals surface area contributed by atoms with Gasteiger partial charge in [-0.1, -0.05) is 36.4 Å². The van der Waals surface area contributed by atoms with Crippen LogP contribution < -0.4 is 5.32 Å². The Bertz CT molecular complexity index is 928. The number of aryl methyl sites for hydroxylation is 1. The summed E-state index contributed by atoms with van der Waals surface area (Å²) in [4.78, 5) is 19.0. The van der Waals surface area contributed by atoms with Gasteiger partial charge >= 0.3 is 0 Å². The van der Waals surface area contributed by atoms with Gasteiger partial charge in [-0.25, -0.2) is 9.67 Å². The van der Waals surface area contributed by atoms with E-state index in [1.807, 2.05) is 24.3 Å². The van der Waals surface area contributed by atoms with Crippen molar-refractivity contribution in [1.29, 1.82) is 0 Å². The van der Waals surface area contributed by atoms with E-state index in [-0.39, 0.29) is 11.9 Å². The molecule has 0 radical (unpaired) electrons. The Morgan fingerprint density at radius 1 is 1.07 bits per heavy atom. The van der Waals surface area contributed by atoms with Crippen LogP contribution in [0.2, 0.25) is 0 Å². The summed E-state index contributed by atoms with van der Waals surface area (Å²) in [5, 5.41) is 7.31. The van der Waals surface area contributed by atoms with Crippen LogP contribution in [0.1, 0.15) is 39.9 Å². The first-order chi connectivity index (χ1) is 14.2. The summed E-state index contributed by atoms with van der Waals surface area (Å²) >= 11 is 0. The highest BCUT2D eigenvalue weighted by Crippen LogP contribution is 2.16. The van der Waals surface area contributed by atoms with Crippen LogP contribution >= 0.6 is 0 Å². The van der Waals surface area contributed by atoms with Gasteiger partial charge in [0.25, 0.3) is 5.91 Å². The summed E-state index contributed by atoms with van der Waals surface area (Å²) < 4.78 is 1.76. The molecule has 0 atom stereocenters. The monoisotopic (exact) mass is 389 g/mol. The van der Waals surface area contributed by atoms with Gasteiger partial charge in [0.05, 0.1) is 6.54 Å². The quantitative estimate of drug-likeness (QED) is 0.704. The number of piperidine rings is 1. The maximum Gasteiger partial charge on any atom is 0.251 e. The summed E-state index contributed by atoms with van der Waals surface area (Å²) in [5.74, 6) is 0.00894. The fourth-order valence-corrected chi connectivity index (χ4v) is 3.80. The lowest BCUT2D eigenvalue weighted by atomic mass is 10.0. The molecule has 0 bridgehead atoms. The molecular formula is C23H27N5O. The van der Waals surface area contributed by atoms with Crippen molar-refractivity contribution in [2.75, 3.05) is 13.1 Å². The first-order valence-corrected chi connectivity index (χ1v) is 10.2. The number of carbonyl (C=O) groups excluding carboxylic acids is 1. The van der Waals surface area contributed by atoms with Gasteiger partial charge in [0.2, 0.25) is 0 Å². The van der Waals surface area contributed by atoms with E-state index in [0.29, 0.717) is 12.1 Å². The van der Waals surface area contributed by atoms with Gasteiger partial charge in [-0.05, 0) is 48.6 Å². The standard InChI is InChI=1S/C23H27N5O/c1-18-4-2-3-5-21(18)15-27-12-10-22(11-13-27)26-23(29)20-8-6-19(7-9-20)14-28-17-24-16-25-28/h2-9,16-17,22H,10-15H2,1H3,(H,26,29). The maximum atomic E-state index is 12.6. The van der Waals surface area contributed by atoms with Gasteiger partial charge in [0, 0.05) is 31.2 Å². The highest BCUT2D eigenvalue weighted by atomic mass is 16.1. The van der Waals surface area contributed by atoms with Crippen LogP contribution in [0.25, 0.3) is 0 Å². The Balaban J connectivity index is 1.26. The Kier molecular flexibility index (Phi) is 6.00. The molecule has 1 aliphatic rings. The number of carbonyl (C=O) groups is 1. The van der Waals surface area contributed by atoms with E-state index in [9.17, 15) is 4.79 Å². The minimum absolute atomic E-state index is 0.00894. The number of amides is 1. The van der Waals surface area contributed by atoms with Crippen molar-refractivity contribution in [3.63, 3.8) is 0 Å². The molecule has 6 heteroatoms. The van der Waals surface area contributed by atoms with Gasteiger partial charge in [-0.3, -0.25) is 9.69 Å². The molecule has 6 nitrogen and oxygen atoms in total. The molecule has 0 saturated carbocycles. The first-order valence-electron chi connectivity index (χ1n) is 10.2. The van der Waals surface area contributed by atoms with E-state index in [4.69, 9.17) is 0 Å². The highest BCUT2D eigenvalue weighted by Gasteiger charge is 2.21. The molecule has 1 N–H and O–H groups in total. The zero-order chi connectivity index (χ0) is 20.1. The van der Waals surface area contributed by atoms with E-state index in [2.05, 4.69) is 51.5 Å². The molecule has 0 aliphatic carbocycles. The lowest BCUT2D eigenvalue weighted by Crippen LogP contribution is -2.44. The summed E-state index contributed by atoms with van der Waals surface area (Å²) in [6, 6.07) is 16.5. The zero-order valence-electron chi connectivity index (χ0n) is 16.8. The van der Waals surface area contributed by atoms with Crippen molar-refractivity contribution in [2.45, 2.75) is 38.9 Å². The van der Waals surface area contributed by atoms with Crippen LogP contribution in [-0.2, 0) is 13.1 Å². The van der Waals surface area contributed by atoms with Crippen LogP contribution in [0.4, 0.5) is 0 Å². The van der Waals surface area contributed by atoms with Crippen molar-refractivity contribution < 1.29 is 4.79 Å². The summed E-state index contributed by atoms with van der Waals surface area (Å²) in [5.41, 5.74) is 4.53. The fraction of sp³-hybridized carbons (Fsp3) is 0.348. The van der Waals surface area contributed by atoms with Gasteiger partial charge < -0.3 is 5.32 Å². The molecule has 0 spiro atoms. The van der Waals surface area contributed by atoms with E-state index >= 15 is 0 Å². The summed E-state index contributed by atoms with van der Waals surface area (Å²) in [7, 11) is 0. The van der Waals surface area contributed by atoms with Crippen LogP contribution in [0.15, 0.2) is 61.2 Å². The molecule has 1 amide bonds. The second kappa shape index (κ2) is 9.01. The van der Waals surface area contributed by atoms with E-state index in [0.717, 1.165) is 38.0 Å². The third-order valence-corrected chi connectivity index (χ3v) is 5.61. The van der Waals surface area contributed by atoms with Gasteiger partial charge in [0.1, 0.15) is 12.7 Å². The Hall–Kier alpha value is -2.99. The molecule has 2 heterocycles. The average molecular weight is 390 g/mol. The fourth-order valence-electron chi connectivity index (χ4n) is 3.80. The molecule has 0 unspecified atom stereocenters. The molecular weight excluding hydrogens is 362 g/mol. The second-order valence-corrected chi connectivity index (χ2v) is 7.74. The molecule has 1 saturated heterocycles. The SMILES string of the molecule is Cc1ccccc1CN1CCC(NC(=O)c2ccc(Cn3cncn3)cc2)CC1. The van der Waals surface area contributed by atoms with Crippen molar-refractivity contribution in [2.24, 2.45) is 0 Å². The van der Waals surface area contributed by atoms with Crippen LogP contribution in [0.5, 0.6) is 0 Å². The largest absolute Gasteiger partial charge is 0.349 e. The van der Waals surface area contributed by atoms with Crippen molar-refractivity contribution in [3.05, 3.63) is 83.4 Å². The highest BCUT2D eigenvalue weighted by molar-refractivity contribution is 5.94. The molecule has 4 rings (SSSR count). The third-order valence-electron chi connectivity index (χ3n) is 5.61. The second-order valence-electron chi connectivity index (χ2n) is 7.74. The van der Waals surface area contributed by atoms with E-state index in [1.165, 1.54) is 17.5 Å². The lowest BCUT2D eigenvalue weighted by molar-refractivity contribution is 0.0909. The minimum Gasteiger partial charge on any atom is -0.349 e. The number of nitrogens with zero attached hydrogens (tertiary/aromatic N) is 4. The van der Waals surface area contributed by atoms with Gasteiger partial charge in [-0.15, -0.1) is 0 Å². The first kappa shape index (κ1) is 19.3. The van der Waals surface area contributed by atoms with Crippen LogP contribution in [0.3, 0.4) is 0 Å². The van der Waals surface area contributed by atoms with Gasteiger partial charge in [-0.2, -0.15) is 5.10 Å². The number of hydrogen-bond acceptors (Lipinski definition) is 4. The number of likely N-dealkylation sites (tertiary alicyclic amines) is 1. The normalized spacial score (nSPS) is 15.3. The minimum atomic E-state index is 0.00894. The maximum absolute atomic E-state index is 12.6. The average Bonchev–Trinajstić information content (AvgIpc) is 3.25. The molecule has 3 aromatic rings. The van der Waals surface area contributed by atoms with Crippen LogP contribution in [-0.4, -0.2) is 44.7 Å². The predicted molar refractivity (Wildman–Crippen MR) is 113 cm³/mol. The summed E-state index contributed by atoms with van der Waals surface area (Å²) in [6.07, 6.45) is 5.18. The van der Waals surface area contributed by atoms with Crippen molar-refractivity contribution in [1.82, 2.24) is 25.0 Å². The number of nitrogens with one attached hydrogen (secondary N) is 1. The molecule has 29 heavy (non-hydrogen) atoms. The van der Waals surface area contributed by atoms with Crippen molar-refractivity contribution in [3.8, 4) is 0 Å². The molecule has 1 aliphatic heterocycles. The van der Waals surface area contributed by atoms with Gasteiger partial charge in [0.15, 0.2) is 0 Å². The third kappa shape index (κ3) is 5.09. The topological polar surface area (TPSA) is 63.1 Å². The number of hydrogen-bond donors (Lipinski definition) is 1. The Morgan fingerprint density at radius 2 is 1.83 bits per heavy atom. The number of aromatic nitrogens is 3. The van der Waals surface area contributed by atoms with E-state index in [1.54, 1.807) is 11.0 Å². The zero-order valence-corrected chi connectivity index (χ0v) is 16.8. The molecule has 2 aromatic carbocycles. The van der Waals surface area contributed by atoms with Crippen LogP contribution in [0, 0.1) is 6.92 Å². The lowest BCUT2D eigenvalue weighted by Gasteiger charge is -2.32. The number of benzene rings is 2. The van der Waals surface area contributed by atoms with Crippen molar-refractivity contribution >= 4 is 5.91 Å². The Labute approximate surface area is 171 Å². The Morgan fingerprint density at radius 3 is 2.52 bits per heavy atom. The van der Waals surface area contributed by atoms with E-state index < -0.39 is 0 Å². The smallest absolute Gasteiger partial charge is 0.251 e. The molecule has 1 fully saturated rings. The molecule has 150 valence electrons.